The monoisotopic (exact) mass is 758 g/mol. The van der Waals surface area contributed by atoms with E-state index in [4.69, 9.17) is 66.5 Å². The van der Waals surface area contributed by atoms with Gasteiger partial charge in [0.2, 0.25) is 0 Å². The number of H-pyrrole nitrogens is 1. The molecule has 11 N–H and O–H groups in total. The van der Waals surface area contributed by atoms with Crippen LogP contribution in [0.5, 0.6) is 11.5 Å². The number of aromatic hydroxyl groups is 2. The summed E-state index contributed by atoms with van der Waals surface area (Å²) in [4.78, 5) is 37.6. The Hall–Kier alpha value is -7.23. The van der Waals surface area contributed by atoms with Crippen molar-refractivity contribution in [1.29, 1.82) is 5.26 Å². The SMILES string of the molecule is Cc1ccc(O)c(-c2n[nH]c(-c3cnccn3)n2)c1.Cc1ccc(O)c(C=O)c1.N#Cc1cnccn1.N/N=C(\N)c1cnccn1.NN.[3HH].[3H][3H].[3H][3H].[3H][3H].[3H][3H].[3H][3H].[3H][3H].[3H][3H].[3H][3H].[3H][3H].[3H][3H].[3H][3H].[3H][3H].[3H][3H].[3H][3H].[3H][3H]. The zero-order chi connectivity index (χ0) is 66.0. The maximum atomic E-state index is 10.2. The van der Waals surface area contributed by atoms with E-state index < -0.39 is 0 Å². The molecule has 0 aliphatic carbocycles. The lowest BCUT2D eigenvalue weighted by Crippen LogP contribution is -2.17. The third-order valence-corrected chi connectivity index (χ3v) is 5.64. The zero-order valence-electron chi connectivity index (χ0n) is 56.3. The van der Waals surface area contributed by atoms with Crippen LogP contribution in [0, 0.1) is 25.2 Å². The molecule has 4 aromatic heterocycles. The summed E-state index contributed by atoms with van der Waals surface area (Å²) in [5.41, 5.74) is 9.70. The van der Waals surface area contributed by atoms with E-state index in [1.807, 2.05) is 32.0 Å². The van der Waals surface area contributed by atoms with Crippen LogP contribution in [0.2, 0.25) is 0 Å². The smallest absolute Gasteiger partial charge is 0.185 e. The van der Waals surface area contributed by atoms with Gasteiger partial charge in [-0.25, -0.2) is 19.9 Å². The number of nitriles is 1. The van der Waals surface area contributed by atoms with Gasteiger partial charge in [0, 0.05) is 83.2 Å². The number of benzene rings is 2. The van der Waals surface area contributed by atoms with Crippen LogP contribution in [-0.2, 0) is 0 Å². The van der Waals surface area contributed by atoms with E-state index in [9.17, 15) is 9.90 Å². The molecule has 0 aliphatic rings. The van der Waals surface area contributed by atoms with Crippen LogP contribution < -0.4 is 23.3 Å². The first kappa shape index (κ1) is 20.8. The molecule has 0 fully saturated rings. The molecular weight excluding hydrogens is 630 g/mol. The maximum absolute atomic E-state index is 10.2. The van der Waals surface area contributed by atoms with Crippen LogP contribution in [0.3, 0.4) is 0 Å². The minimum atomic E-state index is 0. The average molecular weight is 758 g/mol. The highest BCUT2D eigenvalue weighted by molar-refractivity contribution is 5.95. The summed E-state index contributed by atoms with van der Waals surface area (Å²) < 4.78 is 150. The van der Waals surface area contributed by atoms with Gasteiger partial charge in [-0.3, -0.25) is 36.5 Å². The first-order valence-electron chi connectivity index (χ1n) is 28.8. The number of aromatic amines is 1. The Kier molecular flexibility index (Phi) is 8.80. The number of aldehydes is 1. The summed E-state index contributed by atoms with van der Waals surface area (Å²) >= 11 is 0. The number of phenolic OH excluding ortho intramolecular Hbond substituents is 2. The second-order valence-electron chi connectivity index (χ2n) is 9.11. The summed E-state index contributed by atoms with van der Waals surface area (Å²) in [7, 11) is 0. The molecule has 0 spiro atoms. The van der Waals surface area contributed by atoms with E-state index in [2.05, 4.69) is 61.9 Å². The first-order chi connectivity index (χ1) is 38.7. The van der Waals surface area contributed by atoms with Crippen molar-refractivity contribution in [3.05, 3.63) is 120 Å². The molecule has 6 rings (SSSR count). The molecule has 18 heteroatoms. The Bertz CT molecular complexity index is 2010. The molecule has 0 saturated heterocycles. The summed E-state index contributed by atoms with van der Waals surface area (Å²) in [6.07, 6.45) is 14.4. The number of nitrogens with two attached hydrogens (primary N) is 4. The zero-order valence-corrected chi connectivity index (χ0v) is 26.3. The number of nitrogens with one attached hydrogen (secondary N) is 1. The fourth-order valence-electron chi connectivity index (χ4n) is 3.37. The Morgan fingerprint density at radius 1 is 0.898 bits per heavy atom. The largest absolute Gasteiger partial charge is 0.507 e. The maximum Gasteiger partial charge on any atom is 0.185 e. The number of phenols is 2. The lowest BCUT2D eigenvalue weighted by atomic mass is 10.1. The number of hydrogen-bond acceptors (Lipinski definition) is 16. The number of hydrazone groups is 1. The third kappa shape index (κ3) is 12.6. The van der Waals surface area contributed by atoms with Gasteiger partial charge in [0.1, 0.15) is 29.0 Å². The molecule has 0 atom stereocenters. The summed E-state index contributed by atoms with van der Waals surface area (Å²) in [6, 6.07) is 12.0. The van der Waals surface area contributed by atoms with Gasteiger partial charge >= 0.3 is 0 Å². The van der Waals surface area contributed by atoms with Crippen molar-refractivity contribution in [3.63, 3.8) is 0 Å². The van der Waals surface area contributed by atoms with Gasteiger partial charge < -0.3 is 21.8 Å². The van der Waals surface area contributed by atoms with Gasteiger partial charge in [-0.1, -0.05) is 23.3 Å². The number of hydrazine groups is 1. The van der Waals surface area contributed by atoms with E-state index in [1.165, 1.54) is 37.1 Å². The first-order valence-corrected chi connectivity index (χ1v) is 13.8. The highest BCUT2D eigenvalue weighted by Crippen LogP contribution is 2.28. The minimum Gasteiger partial charge on any atom is -0.507 e. The van der Waals surface area contributed by atoms with E-state index >= 15 is 0 Å². The van der Waals surface area contributed by atoms with Crippen molar-refractivity contribution < 1.29 is 61.0 Å². The molecule has 18 nitrogen and oxygen atoms in total. The molecule has 49 heavy (non-hydrogen) atoms. The molecule has 0 radical (unpaired) electrons. The van der Waals surface area contributed by atoms with Crippen LogP contribution in [-0.4, -0.2) is 67.4 Å². The second kappa shape index (κ2) is 20.7. The van der Waals surface area contributed by atoms with Gasteiger partial charge in [0.25, 0.3) is 0 Å². The minimum absolute atomic E-state index is 0. The molecule has 4 heterocycles. The number of carbonyl (C=O) groups is 1. The molecule has 0 saturated carbocycles. The summed E-state index contributed by atoms with van der Waals surface area (Å²) in [6.45, 7) is 3.81. The fraction of sp³-hybridized carbons (Fsp3) is 0.0645. The Labute approximate surface area is 328 Å². The summed E-state index contributed by atoms with van der Waals surface area (Å²) in [5, 5.41) is 37.2. The van der Waals surface area contributed by atoms with Crippen molar-refractivity contribution in [2.24, 2.45) is 28.4 Å². The van der Waals surface area contributed by atoms with E-state index in [-0.39, 0.29) is 18.8 Å². The van der Waals surface area contributed by atoms with Crippen molar-refractivity contribution >= 4 is 12.1 Å². The quantitative estimate of drug-likeness (QED) is 0.0377. The molecule has 0 unspecified atom stereocenters. The van der Waals surface area contributed by atoms with Gasteiger partial charge in [0.15, 0.2) is 29.5 Å². The van der Waals surface area contributed by atoms with Gasteiger partial charge in [-0.15, -0.1) is 0 Å². The number of aromatic nitrogens is 9. The summed E-state index contributed by atoms with van der Waals surface area (Å²) in [5.74, 6) is 14.2. The number of amidine groups is 1. The Morgan fingerprint density at radius 2 is 1.51 bits per heavy atom. The van der Waals surface area contributed by atoms with Crippen LogP contribution in [0.15, 0.2) is 97.3 Å². The number of carbonyl (C=O) groups excluding carboxylic acids is 1. The molecule has 0 bridgehead atoms. The number of rotatable bonds is 4. The second-order valence-corrected chi connectivity index (χ2v) is 9.11. The van der Waals surface area contributed by atoms with E-state index in [0.717, 1.165) is 11.1 Å². The standard InChI is InChI=1S/C13H11N5O.C8H8O2.C5H7N5.C5H3N3.H4N2.16H2/c1-8-2-3-11(19)9(6-8)12-16-13(18-17-12)10-7-14-4-5-15-10;1-6-2-3-8(10)7(4-6)5-9;6-5(10-7)4-3-8-1-2-9-4;6-3-5-4-7-1-2-8-5;1-2;;;;;;;;;;;;;;;;/h2-7,19H,1H3,(H,16,17,18);2-5,10H,1H3;1-3H,7H2,(H2,6,10);1-2,4H;1-2H2;16*1H/i;;;;;15*1+2T;1+2. The van der Waals surface area contributed by atoms with Crippen molar-refractivity contribution in [2.75, 3.05) is 0 Å². The van der Waals surface area contributed by atoms with Gasteiger partial charge in [0.05, 0.1) is 29.7 Å². The molecule has 6 aromatic rings. The van der Waals surface area contributed by atoms with E-state index in [1.54, 1.807) is 43.0 Å². The van der Waals surface area contributed by atoms with Crippen LogP contribution in [0.1, 0.15) is 78.8 Å². The predicted octanol–water partition coefficient (Wildman–Crippen LogP) is 5.61. The molecule has 0 aliphatic heterocycles. The molecule has 2 aromatic carbocycles. The molecule has 282 valence electrons. The highest BCUT2D eigenvalue weighted by Gasteiger charge is 2.12. The Morgan fingerprint density at radius 3 is 2.02 bits per heavy atom. The van der Waals surface area contributed by atoms with Crippen LogP contribution in [0.25, 0.3) is 22.9 Å². The highest BCUT2D eigenvalue weighted by atomic mass is 16.3. The van der Waals surface area contributed by atoms with Crippen molar-refractivity contribution in [3.8, 4) is 40.5 Å². The van der Waals surface area contributed by atoms with Crippen molar-refractivity contribution in [1.82, 2.24) is 45.1 Å². The average Bonchev–Trinajstić information content (AvgIpc) is 4.09. The number of nitrogens with zero attached hydrogens (tertiary/aromatic N) is 10. The van der Waals surface area contributed by atoms with E-state index in [0.29, 0.717) is 46.1 Å². The van der Waals surface area contributed by atoms with Crippen LogP contribution >= 0.6 is 0 Å². The van der Waals surface area contributed by atoms with Gasteiger partial charge in [-0.05, 0) is 38.1 Å². The topological polar surface area (TPSA) is 317 Å². The third-order valence-electron chi connectivity index (χ3n) is 5.64. The lowest BCUT2D eigenvalue weighted by Gasteiger charge is -2.00. The lowest BCUT2D eigenvalue weighted by molar-refractivity contribution is 0.112. The number of aryl methyl sites for hydroxylation is 2. The normalized spacial score (nSPS) is 12.2. The molecule has 0 amide bonds. The molecular formula is C31H65N15O3. The Balaban J connectivity index is -0.0000000473. The number of hydrogen-bond donors (Lipinski definition) is 7. The van der Waals surface area contributed by atoms with Gasteiger partial charge in [-0.2, -0.15) is 15.5 Å². The van der Waals surface area contributed by atoms with Crippen LogP contribution in [0.4, 0.5) is 0 Å². The fourth-order valence-corrected chi connectivity index (χ4v) is 3.37. The predicted molar refractivity (Wildman–Crippen MR) is 213 cm³/mol. The van der Waals surface area contributed by atoms with Crippen molar-refractivity contribution in [2.45, 2.75) is 13.8 Å².